The third-order valence-corrected chi connectivity index (χ3v) is 5.90. The molecule has 160 valence electrons. The number of piperazine rings is 1. The maximum atomic E-state index is 12.9. The summed E-state index contributed by atoms with van der Waals surface area (Å²) in [6, 6.07) is 17.2. The van der Waals surface area contributed by atoms with Crippen molar-refractivity contribution in [2.24, 2.45) is 0 Å². The first-order valence-electron chi connectivity index (χ1n) is 10.7. The Balaban J connectivity index is 1.58. The van der Waals surface area contributed by atoms with Gasteiger partial charge in [0.25, 0.3) is 5.91 Å². The van der Waals surface area contributed by atoms with Gasteiger partial charge < -0.3 is 9.80 Å². The van der Waals surface area contributed by atoms with Crippen LogP contribution in [0.15, 0.2) is 54.6 Å². The van der Waals surface area contributed by atoms with Gasteiger partial charge in [0.2, 0.25) is 0 Å². The smallest absolute Gasteiger partial charge is 0.254 e. The van der Waals surface area contributed by atoms with Gasteiger partial charge >= 0.3 is 0 Å². The SMILES string of the molecule is Cc1nc(-c2ccccc2)nc(N2CCN(C(=O)c3cccc(Cl)c3)CC2)c1C(C)C. The maximum Gasteiger partial charge on any atom is 0.254 e. The summed E-state index contributed by atoms with van der Waals surface area (Å²) in [5.74, 6) is 2.06. The molecule has 0 unspecified atom stereocenters. The minimum absolute atomic E-state index is 0.0232. The van der Waals surface area contributed by atoms with Crippen LogP contribution in [-0.4, -0.2) is 47.0 Å². The molecule has 0 saturated carbocycles. The van der Waals surface area contributed by atoms with E-state index in [1.165, 1.54) is 5.56 Å². The lowest BCUT2D eigenvalue weighted by Crippen LogP contribution is -2.49. The number of aromatic nitrogens is 2. The van der Waals surface area contributed by atoms with Crippen LogP contribution in [0, 0.1) is 6.92 Å². The zero-order chi connectivity index (χ0) is 22.0. The van der Waals surface area contributed by atoms with Crippen molar-refractivity contribution in [3.05, 3.63) is 76.4 Å². The topological polar surface area (TPSA) is 49.3 Å². The van der Waals surface area contributed by atoms with Gasteiger partial charge in [0.05, 0.1) is 0 Å². The summed E-state index contributed by atoms with van der Waals surface area (Å²) in [5, 5.41) is 0.580. The maximum absolute atomic E-state index is 12.9. The zero-order valence-electron chi connectivity index (χ0n) is 18.2. The fourth-order valence-corrected chi connectivity index (χ4v) is 4.32. The molecule has 0 radical (unpaired) electrons. The van der Waals surface area contributed by atoms with Crippen LogP contribution in [0.4, 0.5) is 5.82 Å². The first-order valence-corrected chi connectivity index (χ1v) is 11.1. The number of nitrogens with zero attached hydrogens (tertiary/aromatic N) is 4. The van der Waals surface area contributed by atoms with Crippen molar-refractivity contribution in [1.29, 1.82) is 0 Å². The molecule has 3 aromatic rings. The fraction of sp³-hybridized carbons (Fsp3) is 0.320. The second-order valence-corrected chi connectivity index (χ2v) is 8.62. The van der Waals surface area contributed by atoms with Crippen LogP contribution in [-0.2, 0) is 0 Å². The van der Waals surface area contributed by atoms with Gasteiger partial charge in [-0.25, -0.2) is 9.97 Å². The lowest BCUT2D eigenvalue weighted by atomic mass is 10.0. The number of rotatable bonds is 4. The number of carbonyl (C=O) groups excluding carboxylic acids is 1. The van der Waals surface area contributed by atoms with Crippen LogP contribution in [0.2, 0.25) is 5.02 Å². The van der Waals surface area contributed by atoms with E-state index < -0.39 is 0 Å². The number of benzene rings is 2. The van der Waals surface area contributed by atoms with Gasteiger partial charge in [0, 0.05) is 53.6 Å². The van der Waals surface area contributed by atoms with Crippen LogP contribution in [0.1, 0.15) is 41.4 Å². The first kappa shape index (κ1) is 21.3. The summed E-state index contributed by atoms with van der Waals surface area (Å²) in [6.45, 7) is 9.17. The van der Waals surface area contributed by atoms with Crippen molar-refractivity contribution < 1.29 is 4.79 Å². The van der Waals surface area contributed by atoms with E-state index in [0.29, 0.717) is 29.6 Å². The normalized spacial score (nSPS) is 14.2. The van der Waals surface area contributed by atoms with E-state index in [2.05, 4.69) is 25.7 Å². The summed E-state index contributed by atoms with van der Waals surface area (Å²) in [4.78, 5) is 26.8. The van der Waals surface area contributed by atoms with E-state index >= 15 is 0 Å². The number of hydrogen-bond donors (Lipinski definition) is 0. The van der Waals surface area contributed by atoms with Crippen molar-refractivity contribution in [1.82, 2.24) is 14.9 Å². The summed E-state index contributed by atoms with van der Waals surface area (Å²) in [7, 11) is 0. The predicted octanol–water partition coefficient (Wildman–Crippen LogP) is 5.19. The molecule has 0 atom stereocenters. The Labute approximate surface area is 188 Å². The molecule has 6 heteroatoms. The molecule has 4 rings (SSSR count). The molecule has 2 heterocycles. The molecule has 2 aromatic carbocycles. The summed E-state index contributed by atoms with van der Waals surface area (Å²) < 4.78 is 0. The fourth-order valence-electron chi connectivity index (χ4n) is 4.13. The third-order valence-electron chi connectivity index (χ3n) is 5.66. The zero-order valence-corrected chi connectivity index (χ0v) is 18.9. The van der Waals surface area contributed by atoms with Crippen LogP contribution >= 0.6 is 11.6 Å². The number of carbonyl (C=O) groups is 1. The van der Waals surface area contributed by atoms with Crippen LogP contribution in [0.3, 0.4) is 0 Å². The van der Waals surface area contributed by atoms with Gasteiger partial charge in [-0.15, -0.1) is 0 Å². The molecule has 1 amide bonds. The molecular weight excluding hydrogens is 408 g/mol. The van der Waals surface area contributed by atoms with Gasteiger partial charge in [-0.1, -0.05) is 61.8 Å². The molecule has 1 saturated heterocycles. The molecule has 0 bridgehead atoms. The van der Waals surface area contributed by atoms with Gasteiger partial charge in [-0.05, 0) is 31.0 Å². The van der Waals surface area contributed by atoms with Gasteiger partial charge in [0.15, 0.2) is 5.82 Å². The largest absolute Gasteiger partial charge is 0.353 e. The number of hydrogen-bond acceptors (Lipinski definition) is 4. The number of amides is 1. The average Bonchev–Trinajstić information content (AvgIpc) is 2.78. The summed E-state index contributed by atoms with van der Waals surface area (Å²) in [5.41, 5.74) is 3.83. The molecule has 1 aromatic heterocycles. The Morgan fingerprint density at radius 1 is 0.968 bits per heavy atom. The molecule has 1 aliphatic heterocycles. The minimum atomic E-state index is 0.0232. The minimum Gasteiger partial charge on any atom is -0.353 e. The van der Waals surface area contributed by atoms with Crippen molar-refractivity contribution >= 4 is 23.3 Å². The highest BCUT2D eigenvalue weighted by atomic mass is 35.5. The summed E-state index contributed by atoms with van der Waals surface area (Å²) >= 11 is 6.07. The Kier molecular flexibility index (Phi) is 6.23. The van der Waals surface area contributed by atoms with Crippen LogP contribution in [0.5, 0.6) is 0 Å². The molecule has 31 heavy (non-hydrogen) atoms. The third kappa shape index (κ3) is 4.57. The van der Waals surface area contributed by atoms with Crippen molar-refractivity contribution in [3.8, 4) is 11.4 Å². The van der Waals surface area contributed by atoms with Crippen molar-refractivity contribution in [2.45, 2.75) is 26.7 Å². The van der Waals surface area contributed by atoms with E-state index in [4.69, 9.17) is 21.6 Å². The molecular formula is C25H27ClN4O. The van der Waals surface area contributed by atoms with Crippen molar-refractivity contribution in [2.75, 3.05) is 31.1 Å². The highest BCUT2D eigenvalue weighted by molar-refractivity contribution is 6.30. The van der Waals surface area contributed by atoms with E-state index in [-0.39, 0.29) is 5.91 Å². The Morgan fingerprint density at radius 3 is 2.32 bits per heavy atom. The number of halogens is 1. The Hall–Kier alpha value is -2.92. The Morgan fingerprint density at radius 2 is 1.68 bits per heavy atom. The average molecular weight is 435 g/mol. The lowest BCUT2D eigenvalue weighted by Gasteiger charge is -2.37. The van der Waals surface area contributed by atoms with Crippen LogP contribution in [0.25, 0.3) is 11.4 Å². The molecule has 1 fully saturated rings. The number of anilines is 1. The quantitative estimate of drug-likeness (QED) is 0.566. The lowest BCUT2D eigenvalue weighted by molar-refractivity contribution is 0.0746. The molecule has 5 nitrogen and oxygen atoms in total. The predicted molar refractivity (Wildman–Crippen MR) is 126 cm³/mol. The second kappa shape index (κ2) is 9.06. The van der Waals surface area contributed by atoms with Gasteiger partial charge in [-0.2, -0.15) is 0 Å². The van der Waals surface area contributed by atoms with Gasteiger partial charge in [-0.3, -0.25) is 4.79 Å². The number of aryl methyl sites for hydroxylation is 1. The Bertz CT molecular complexity index is 1080. The standard InChI is InChI=1S/C25H27ClN4O/c1-17(2)22-18(3)27-23(19-8-5-4-6-9-19)28-24(22)29-12-14-30(15-13-29)25(31)20-10-7-11-21(26)16-20/h4-11,16-17H,12-15H2,1-3H3. The highest BCUT2D eigenvalue weighted by Gasteiger charge is 2.26. The van der Waals surface area contributed by atoms with Gasteiger partial charge in [0.1, 0.15) is 5.82 Å². The monoisotopic (exact) mass is 434 g/mol. The highest BCUT2D eigenvalue weighted by Crippen LogP contribution is 2.31. The second-order valence-electron chi connectivity index (χ2n) is 8.18. The molecule has 0 N–H and O–H groups in total. The van der Waals surface area contributed by atoms with Crippen LogP contribution < -0.4 is 4.90 Å². The summed E-state index contributed by atoms with van der Waals surface area (Å²) in [6.07, 6.45) is 0. The molecule has 0 aliphatic carbocycles. The van der Waals surface area contributed by atoms with E-state index in [1.54, 1.807) is 12.1 Å². The van der Waals surface area contributed by atoms with E-state index in [9.17, 15) is 4.79 Å². The molecule has 0 spiro atoms. The van der Waals surface area contributed by atoms with E-state index in [1.807, 2.05) is 47.4 Å². The van der Waals surface area contributed by atoms with E-state index in [0.717, 1.165) is 36.0 Å². The first-order chi connectivity index (χ1) is 14.9. The molecule has 1 aliphatic rings. The van der Waals surface area contributed by atoms with Crippen molar-refractivity contribution in [3.63, 3.8) is 0 Å².